The molecule has 0 radical (unpaired) electrons. The van der Waals surface area contributed by atoms with E-state index in [1.807, 2.05) is 60.5 Å². The zero-order valence-electron chi connectivity index (χ0n) is 23.3. The van der Waals surface area contributed by atoms with Crippen LogP contribution in [0.15, 0.2) is 54.6 Å². The number of piperidine rings is 1. The summed E-state index contributed by atoms with van der Waals surface area (Å²) in [7, 11) is 3.49. The molecule has 5 rings (SSSR count). The molecule has 0 aromatic heterocycles. The van der Waals surface area contributed by atoms with E-state index in [-0.39, 0.29) is 23.7 Å². The minimum Gasteiger partial charge on any atom is -0.508 e. The van der Waals surface area contributed by atoms with Crippen LogP contribution in [0.3, 0.4) is 0 Å². The van der Waals surface area contributed by atoms with E-state index in [1.54, 1.807) is 19.3 Å². The quantitative estimate of drug-likeness (QED) is 0.389. The number of methoxy groups -OCH3 is 1. The molecule has 7 nitrogen and oxygen atoms in total. The molecular formula is C32H40N2O5. The first-order chi connectivity index (χ1) is 18.7. The van der Waals surface area contributed by atoms with Gasteiger partial charge in [0.15, 0.2) is 0 Å². The molecule has 1 heterocycles. The Kier molecular flexibility index (Phi) is 7.72. The summed E-state index contributed by atoms with van der Waals surface area (Å²) >= 11 is 0. The van der Waals surface area contributed by atoms with Gasteiger partial charge in [-0.1, -0.05) is 24.3 Å². The molecule has 2 saturated carbocycles. The van der Waals surface area contributed by atoms with E-state index in [0.29, 0.717) is 19.4 Å². The third-order valence-corrected chi connectivity index (χ3v) is 9.03. The number of carbonyl (C=O) groups excluding carboxylic acids is 2. The molecule has 1 saturated heterocycles. The molecule has 7 heteroatoms. The second kappa shape index (κ2) is 11.0. The average Bonchev–Trinajstić information content (AvgIpc) is 3.74. The molecule has 208 valence electrons. The number of carbonyl (C=O) groups is 2. The number of esters is 1. The lowest BCUT2D eigenvalue weighted by molar-refractivity contribution is -0.190. The van der Waals surface area contributed by atoms with Crippen LogP contribution >= 0.6 is 0 Å². The van der Waals surface area contributed by atoms with Crippen LogP contribution in [-0.4, -0.2) is 72.2 Å². The van der Waals surface area contributed by atoms with Crippen molar-refractivity contribution >= 4 is 18.0 Å². The normalized spacial score (nSPS) is 27.1. The minimum atomic E-state index is -0.712. The first-order valence-electron chi connectivity index (χ1n) is 14.0. The fraction of sp³-hybridized carbons (Fsp3) is 0.500. The summed E-state index contributed by atoms with van der Waals surface area (Å²) in [6.07, 6.45) is 8.83. The molecule has 1 amide bonds. The zero-order chi connectivity index (χ0) is 27.6. The van der Waals surface area contributed by atoms with E-state index in [2.05, 4.69) is 4.90 Å². The summed E-state index contributed by atoms with van der Waals surface area (Å²) < 4.78 is 11.6. The van der Waals surface area contributed by atoms with Gasteiger partial charge in [0.05, 0.1) is 7.11 Å². The van der Waals surface area contributed by atoms with Crippen molar-refractivity contribution in [2.45, 2.75) is 62.5 Å². The van der Waals surface area contributed by atoms with Crippen molar-refractivity contribution < 1.29 is 24.2 Å². The van der Waals surface area contributed by atoms with Crippen LogP contribution in [0.5, 0.6) is 11.5 Å². The van der Waals surface area contributed by atoms with Crippen molar-refractivity contribution in [3.05, 3.63) is 65.7 Å². The number of aromatic hydroxyl groups is 1. The smallest absolute Gasteiger partial charge is 0.303 e. The fourth-order valence-electron chi connectivity index (χ4n) is 6.83. The van der Waals surface area contributed by atoms with Gasteiger partial charge in [-0.25, -0.2) is 0 Å². The number of fused-ring (bicyclic) bond motifs is 1. The lowest BCUT2D eigenvalue weighted by Gasteiger charge is -2.60. The Morgan fingerprint density at radius 2 is 1.92 bits per heavy atom. The van der Waals surface area contributed by atoms with E-state index >= 15 is 0 Å². The largest absolute Gasteiger partial charge is 0.508 e. The molecule has 1 aliphatic heterocycles. The Hall–Kier alpha value is -3.32. The van der Waals surface area contributed by atoms with Crippen molar-refractivity contribution in [1.82, 2.24) is 9.80 Å². The van der Waals surface area contributed by atoms with Crippen molar-refractivity contribution in [2.24, 2.45) is 5.92 Å². The summed E-state index contributed by atoms with van der Waals surface area (Å²) in [6, 6.07) is 15.0. The summed E-state index contributed by atoms with van der Waals surface area (Å²) in [4.78, 5) is 30.2. The molecule has 0 bridgehead atoms. The lowest BCUT2D eigenvalue weighted by atomic mass is 9.55. The number of hydrogen-bond acceptors (Lipinski definition) is 6. The highest BCUT2D eigenvalue weighted by molar-refractivity contribution is 5.91. The van der Waals surface area contributed by atoms with Crippen LogP contribution < -0.4 is 4.74 Å². The highest BCUT2D eigenvalue weighted by Gasteiger charge is 2.61. The first-order valence-corrected chi connectivity index (χ1v) is 14.0. The number of rotatable bonds is 8. The Bertz CT molecular complexity index is 1240. The Labute approximate surface area is 231 Å². The number of ether oxygens (including phenoxy) is 2. The highest BCUT2D eigenvalue weighted by Crippen LogP contribution is 2.55. The SMILES string of the molecule is COc1cccc(/C=C/C(=O)N(C)C2CCC3(OC(C)=O)CN(CC4CC4)CCC3(c3cccc(O)c3)C2)c1. The molecule has 1 N–H and O–H groups in total. The van der Waals surface area contributed by atoms with Crippen molar-refractivity contribution in [1.29, 1.82) is 0 Å². The Morgan fingerprint density at radius 3 is 2.64 bits per heavy atom. The van der Waals surface area contributed by atoms with Crippen LogP contribution in [0.2, 0.25) is 0 Å². The summed E-state index contributed by atoms with van der Waals surface area (Å²) in [5.41, 5.74) is 0.655. The van der Waals surface area contributed by atoms with Gasteiger partial charge in [-0.3, -0.25) is 14.5 Å². The van der Waals surface area contributed by atoms with Crippen LogP contribution in [-0.2, 0) is 19.7 Å². The minimum absolute atomic E-state index is 0.0338. The third-order valence-electron chi connectivity index (χ3n) is 9.03. The number of amides is 1. The van der Waals surface area contributed by atoms with Gasteiger partial charge < -0.3 is 19.5 Å². The maximum Gasteiger partial charge on any atom is 0.303 e. The van der Waals surface area contributed by atoms with E-state index in [4.69, 9.17) is 9.47 Å². The molecule has 0 spiro atoms. The molecule has 2 aromatic rings. The number of likely N-dealkylation sites (N-methyl/N-ethyl adjacent to an activating group) is 1. The highest BCUT2D eigenvalue weighted by atomic mass is 16.6. The molecule has 2 aliphatic carbocycles. The number of likely N-dealkylation sites (tertiary alicyclic amines) is 1. The van der Waals surface area contributed by atoms with E-state index < -0.39 is 11.0 Å². The van der Waals surface area contributed by atoms with Crippen molar-refractivity contribution in [2.75, 3.05) is 33.8 Å². The van der Waals surface area contributed by atoms with Crippen LogP contribution in [0.25, 0.3) is 6.08 Å². The van der Waals surface area contributed by atoms with Crippen LogP contribution in [0, 0.1) is 5.92 Å². The second-order valence-corrected chi connectivity index (χ2v) is 11.6. The third kappa shape index (κ3) is 5.69. The predicted molar refractivity (Wildman–Crippen MR) is 150 cm³/mol. The molecule has 3 unspecified atom stereocenters. The number of hydrogen-bond donors (Lipinski definition) is 1. The van der Waals surface area contributed by atoms with E-state index in [1.165, 1.54) is 19.8 Å². The van der Waals surface area contributed by atoms with Gasteiger partial charge in [0.2, 0.25) is 5.91 Å². The maximum atomic E-state index is 13.3. The second-order valence-electron chi connectivity index (χ2n) is 11.6. The number of phenolic OH excluding ortho intramolecular Hbond substituents is 1. The summed E-state index contributed by atoms with van der Waals surface area (Å²) in [5, 5.41) is 10.5. The molecule has 39 heavy (non-hydrogen) atoms. The lowest BCUT2D eigenvalue weighted by Crippen LogP contribution is -2.68. The zero-order valence-corrected chi connectivity index (χ0v) is 23.3. The van der Waals surface area contributed by atoms with Crippen LogP contribution in [0.4, 0.5) is 0 Å². The monoisotopic (exact) mass is 532 g/mol. The van der Waals surface area contributed by atoms with E-state index in [0.717, 1.165) is 48.7 Å². The predicted octanol–water partition coefficient (Wildman–Crippen LogP) is 4.78. The number of phenols is 1. The standard InChI is InChI=1S/C32H40N2O5/c1-23(35)39-32-15-14-27(33(2)30(37)13-12-24-6-4-9-29(18-24)38-3)20-31(32,26-7-5-8-28(36)19-26)16-17-34(22-32)21-25-10-11-25/h4-9,12-13,18-19,25,27,36H,10-11,14-17,20-22H2,1-3H3/b13-12+. The molecule has 3 aliphatic rings. The van der Waals surface area contributed by atoms with Gasteiger partial charge in [-0.15, -0.1) is 0 Å². The Morgan fingerprint density at radius 1 is 1.13 bits per heavy atom. The van der Waals surface area contributed by atoms with Crippen molar-refractivity contribution in [3.8, 4) is 11.5 Å². The van der Waals surface area contributed by atoms with Gasteiger partial charge in [-0.05, 0) is 92.5 Å². The fourth-order valence-corrected chi connectivity index (χ4v) is 6.83. The van der Waals surface area contributed by atoms with Gasteiger partial charge >= 0.3 is 5.97 Å². The number of benzene rings is 2. The van der Waals surface area contributed by atoms with Gasteiger partial charge in [0, 0.05) is 44.6 Å². The van der Waals surface area contributed by atoms with Crippen LogP contribution in [0.1, 0.15) is 56.6 Å². The Balaban J connectivity index is 1.44. The molecular weight excluding hydrogens is 492 g/mol. The van der Waals surface area contributed by atoms with Gasteiger partial charge in [0.25, 0.3) is 0 Å². The molecule has 3 fully saturated rings. The number of nitrogens with zero attached hydrogens (tertiary/aromatic N) is 2. The summed E-state index contributed by atoms with van der Waals surface area (Å²) in [6.45, 7) is 4.11. The molecule has 3 atom stereocenters. The van der Waals surface area contributed by atoms with Gasteiger partial charge in [-0.2, -0.15) is 0 Å². The summed E-state index contributed by atoms with van der Waals surface area (Å²) in [5.74, 6) is 1.33. The van der Waals surface area contributed by atoms with E-state index in [9.17, 15) is 14.7 Å². The molecule has 2 aromatic carbocycles. The average molecular weight is 533 g/mol. The maximum absolute atomic E-state index is 13.3. The first kappa shape index (κ1) is 27.3. The van der Waals surface area contributed by atoms with Crippen molar-refractivity contribution in [3.63, 3.8) is 0 Å². The van der Waals surface area contributed by atoms with Gasteiger partial charge in [0.1, 0.15) is 17.1 Å². The topological polar surface area (TPSA) is 79.3 Å².